The van der Waals surface area contributed by atoms with Gasteiger partial charge in [-0.15, -0.1) is 5.10 Å². The van der Waals surface area contributed by atoms with Crippen molar-refractivity contribution in [2.45, 2.75) is 20.0 Å². The minimum absolute atomic E-state index is 0.112. The maximum atomic E-state index is 12.3. The molecule has 0 saturated heterocycles. The third-order valence-electron chi connectivity index (χ3n) is 3.69. The summed E-state index contributed by atoms with van der Waals surface area (Å²) in [5.74, 6) is -0.537. The van der Waals surface area contributed by atoms with Crippen LogP contribution in [-0.2, 0) is 17.8 Å². The Hall–Kier alpha value is -3.47. The molecule has 0 aliphatic carbocycles. The molecule has 1 aromatic carbocycles. The summed E-state index contributed by atoms with van der Waals surface area (Å²) < 4.78 is 7.98. The molecule has 4 rings (SSSR count). The minimum Gasteiger partial charge on any atom is -0.456 e. The zero-order valence-electron chi connectivity index (χ0n) is 14.1. The molecule has 0 spiro atoms. The van der Waals surface area contributed by atoms with E-state index in [9.17, 15) is 9.59 Å². The van der Waals surface area contributed by atoms with Crippen LogP contribution in [0.2, 0.25) is 0 Å². The largest absolute Gasteiger partial charge is 0.456 e. The second-order valence-electron chi connectivity index (χ2n) is 5.51. The number of rotatable bonds is 5. The molecule has 11 heteroatoms. The number of ether oxygens (including phenoxy) is 1. The number of tetrazole rings is 1. The zero-order valence-corrected chi connectivity index (χ0v) is 15.0. The Morgan fingerprint density at radius 3 is 2.96 bits per heavy atom. The van der Waals surface area contributed by atoms with Crippen molar-refractivity contribution < 1.29 is 9.53 Å². The van der Waals surface area contributed by atoms with Crippen LogP contribution >= 0.6 is 11.3 Å². The number of benzene rings is 1. The Labute approximate surface area is 156 Å². The SMILES string of the molecule is CCc1nn2c(=O)cc(COC(=O)c3cccc(-n4cnnn4)c3)nc2s1. The van der Waals surface area contributed by atoms with Gasteiger partial charge in [0.1, 0.15) is 17.9 Å². The van der Waals surface area contributed by atoms with E-state index in [2.05, 4.69) is 25.6 Å². The van der Waals surface area contributed by atoms with Gasteiger partial charge in [0.2, 0.25) is 4.96 Å². The summed E-state index contributed by atoms with van der Waals surface area (Å²) in [4.78, 5) is 29.3. The molecule has 0 aliphatic rings. The van der Waals surface area contributed by atoms with Gasteiger partial charge < -0.3 is 4.74 Å². The zero-order chi connectivity index (χ0) is 18.8. The highest BCUT2D eigenvalue weighted by molar-refractivity contribution is 7.16. The Morgan fingerprint density at radius 1 is 1.30 bits per heavy atom. The van der Waals surface area contributed by atoms with Gasteiger partial charge in [-0.2, -0.15) is 9.61 Å². The lowest BCUT2D eigenvalue weighted by molar-refractivity contribution is 0.0467. The molecule has 0 bridgehead atoms. The summed E-state index contributed by atoms with van der Waals surface area (Å²) in [6.07, 6.45) is 2.14. The Balaban J connectivity index is 1.52. The highest BCUT2D eigenvalue weighted by atomic mass is 32.1. The lowest BCUT2D eigenvalue weighted by atomic mass is 10.2. The first-order valence-electron chi connectivity index (χ1n) is 8.03. The van der Waals surface area contributed by atoms with Gasteiger partial charge in [0, 0.05) is 6.07 Å². The van der Waals surface area contributed by atoms with Crippen molar-refractivity contribution in [2.24, 2.45) is 0 Å². The number of carbonyl (C=O) groups is 1. The van der Waals surface area contributed by atoms with E-state index in [0.29, 0.717) is 21.9 Å². The average molecular weight is 383 g/mol. The standard InChI is InChI=1S/C16H13N7O3S/c1-2-13-19-23-14(24)7-11(18-16(23)27-13)8-26-15(25)10-4-3-5-12(6-10)22-9-17-20-21-22/h3-7,9H,2,8H2,1H3. The number of hydrogen-bond acceptors (Lipinski definition) is 9. The molecule has 0 radical (unpaired) electrons. The topological polar surface area (TPSA) is 117 Å². The first-order valence-corrected chi connectivity index (χ1v) is 8.85. The van der Waals surface area contributed by atoms with Gasteiger partial charge >= 0.3 is 5.97 Å². The first kappa shape index (κ1) is 17.0. The molecule has 0 unspecified atom stereocenters. The first-order chi connectivity index (χ1) is 13.1. The van der Waals surface area contributed by atoms with E-state index < -0.39 is 5.97 Å². The maximum absolute atomic E-state index is 12.3. The summed E-state index contributed by atoms with van der Waals surface area (Å²) in [5.41, 5.74) is 1.04. The number of nitrogens with zero attached hydrogens (tertiary/aromatic N) is 7. The van der Waals surface area contributed by atoms with Crippen molar-refractivity contribution in [3.05, 3.63) is 63.3 Å². The molecule has 3 aromatic heterocycles. The Bertz CT molecular complexity index is 1170. The second-order valence-corrected chi connectivity index (χ2v) is 6.55. The third kappa shape index (κ3) is 3.44. The molecule has 27 heavy (non-hydrogen) atoms. The predicted molar refractivity (Wildman–Crippen MR) is 94.8 cm³/mol. The van der Waals surface area contributed by atoms with Crippen LogP contribution in [0.4, 0.5) is 0 Å². The monoisotopic (exact) mass is 383 g/mol. The van der Waals surface area contributed by atoms with Gasteiger partial charge in [-0.05, 0) is 35.0 Å². The summed E-state index contributed by atoms with van der Waals surface area (Å²) in [6, 6.07) is 8.02. The van der Waals surface area contributed by atoms with E-state index in [1.807, 2.05) is 6.92 Å². The lowest BCUT2D eigenvalue weighted by Crippen LogP contribution is -2.16. The molecular weight excluding hydrogens is 370 g/mol. The smallest absolute Gasteiger partial charge is 0.338 e. The molecule has 10 nitrogen and oxygen atoms in total. The molecule has 4 aromatic rings. The summed E-state index contributed by atoms with van der Waals surface area (Å²) >= 11 is 1.34. The summed E-state index contributed by atoms with van der Waals surface area (Å²) in [7, 11) is 0. The molecule has 0 amide bonds. The number of hydrogen-bond donors (Lipinski definition) is 0. The molecule has 0 aliphatic heterocycles. The molecule has 0 N–H and O–H groups in total. The van der Waals surface area contributed by atoms with Crippen LogP contribution in [0.1, 0.15) is 28.0 Å². The van der Waals surface area contributed by atoms with Gasteiger partial charge in [-0.3, -0.25) is 4.79 Å². The van der Waals surface area contributed by atoms with E-state index in [-0.39, 0.29) is 12.2 Å². The van der Waals surface area contributed by atoms with E-state index in [1.54, 1.807) is 24.3 Å². The summed E-state index contributed by atoms with van der Waals surface area (Å²) in [6.45, 7) is 1.84. The van der Waals surface area contributed by atoms with Crippen LogP contribution < -0.4 is 5.56 Å². The third-order valence-corrected chi connectivity index (χ3v) is 4.74. The van der Waals surface area contributed by atoms with E-state index in [1.165, 1.54) is 32.9 Å². The van der Waals surface area contributed by atoms with Gasteiger partial charge in [-0.1, -0.05) is 24.3 Å². The summed E-state index contributed by atoms with van der Waals surface area (Å²) in [5, 5.41) is 15.9. The van der Waals surface area contributed by atoms with Gasteiger partial charge in [0.15, 0.2) is 0 Å². The van der Waals surface area contributed by atoms with Crippen LogP contribution in [0.3, 0.4) is 0 Å². The molecular formula is C16H13N7O3S. The second kappa shape index (κ2) is 7.03. The van der Waals surface area contributed by atoms with E-state index in [4.69, 9.17) is 4.74 Å². The molecule has 3 heterocycles. The normalized spacial score (nSPS) is 11.0. The minimum atomic E-state index is -0.537. The number of esters is 1. The molecule has 0 fully saturated rings. The lowest BCUT2D eigenvalue weighted by Gasteiger charge is -2.06. The van der Waals surface area contributed by atoms with Crippen molar-refractivity contribution in [3.63, 3.8) is 0 Å². The fourth-order valence-electron chi connectivity index (χ4n) is 2.39. The van der Waals surface area contributed by atoms with E-state index >= 15 is 0 Å². The number of aromatic nitrogens is 7. The number of carbonyl (C=O) groups excluding carboxylic acids is 1. The Kier molecular flexibility index (Phi) is 4.42. The predicted octanol–water partition coefficient (Wildman–Crippen LogP) is 1.05. The number of fused-ring (bicyclic) bond motifs is 1. The van der Waals surface area contributed by atoms with E-state index in [0.717, 1.165) is 11.4 Å². The van der Waals surface area contributed by atoms with Crippen molar-refractivity contribution in [2.75, 3.05) is 0 Å². The van der Waals surface area contributed by atoms with Crippen molar-refractivity contribution >= 4 is 22.3 Å². The fraction of sp³-hybridized carbons (Fsp3) is 0.188. The van der Waals surface area contributed by atoms with Gasteiger partial charge in [-0.25, -0.2) is 14.5 Å². The number of aryl methyl sites for hydroxylation is 1. The van der Waals surface area contributed by atoms with Crippen LogP contribution in [-0.4, -0.2) is 40.8 Å². The van der Waals surface area contributed by atoms with Crippen molar-refractivity contribution in [1.29, 1.82) is 0 Å². The molecule has 136 valence electrons. The van der Waals surface area contributed by atoms with Gasteiger partial charge in [0.25, 0.3) is 5.56 Å². The quantitative estimate of drug-likeness (QED) is 0.469. The highest BCUT2D eigenvalue weighted by Crippen LogP contribution is 2.13. The van der Waals surface area contributed by atoms with Crippen LogP contribution in [0.25, 0.3) is 10.6 Å². The van der Waals surface area contributed by atoms with Crippen LogP contribution in [0, 0.1) is 0 Å². The van der Waals surface area contributed by atoms with Crippen molar-refractivity contribution in [1.82, 2.24) is 34.8 Å². The molecule has 0 atom stereocenters. The van der Waals surface area contributed by atoms with Crippen molar-refractivity contribution in [3.8, 4) is 5.69 Å². The average Bonchev–Trinajstić information content (AvgIpc) is 3.36. The van der Waals surface area contributed by atoms with Crippen LogP contribution in [0.15, 0.2) is 41.5 Å². The Morgan fingerprint density at radius 2 is 2.19 bits per heavy atom. The maximum Gasteiger partial charge on any atom is 0.338 e. The molecule has 0 saturated carbocycles. The van der Waals surface area contributed by atoms with Crippen LogP contribution in [0.5, 0.6) is 0 Å². The van der Waals surface area contributed by atoms with Gasteiger partial charge in [0.05, 0.1) is 16.9 Å². The fourth-order valence-corrected chi connectivity index (χ4v) is 3.25. The highest BCUT2D eigenvalue weighted by Gasteiger charge is 2.12.